The highest BCUT2D eigenvalue weighted by Gasteiger charge is 2.22. The quantitative estimate of drug-likeness (QED) is 0.809. The molecule has 0 amide bonds. The van der Waals surface area contributed by atoms with Crippen molar-refractivity contribution in [2.75, 3.05) is 19.8 Å². The number of hydrogen-bond donors (Lipinski definition) is 1. The molecule has 0 fully saturated rings. The van der Waals surface area contributed by atoms with Crippen LogP contribution in [0.15, 0.2) is 23.0 Å². The summed E-state index contributed by atoms with van der Waals surface area (Å²) >= 11 is 0. The van der Waals surface area contributed by atoms with E-state index in [-0.39, 0.29) is 11.5 Å². The van der Waals surface area contributed by atoms with Gasteiger partial charge in [-0.2, -0.15) is 0 Å². The first-order valence-corrected chi connectivity index (χ1v) is 9.74. The molecule has 2 heterocycles. The number of aromatic nitrogens is 2. The van der Waals surface area contributed by atoms with E-state index in [9.17, 15) is 4.79 Å². The second-order valence-corrected chi connectivity index (χ2v) is 7.13. The maximum absolute atomic E-state index is 12.4. The molecule has 0 aliphatic carbocycles. The van der Waals surface area contributed by atoms with Crippen LogP contribution in [0.25, 0.3) is 0 Å². The number of fused-ring (bicyclic) bond motifs is 1. The fourth-order valence-electron chi connectivity index (χ4n) is 3.39. The van der Waals surface area contributed by atoms with Crippen molar-refractivity contribution >= 4 is 0 Å². The summed E-state index contributed by atoms with van der Waals surface area (Å²) in [6.45, 7) is 11.5. The van der Waals surface area contributed by atoms with E-state index in [0.717, 1.165) is 47.2 Å². The molecule has 1 aromatic heterocycles. The highest BCUT2D eigenvalue weighted by Crippen LogP contribution is 2.27. The van der Waals surface area contributed by atoms with E-state index in [1.165, 1.54) is 0 Å². The molecule has 0 unspecified atom stereocenters. The van der Waals surface area contributed by atoms with Crippen molar-refractivity contribution in [2.24, 2.45) is 0 Å². The molecule has 1 N–H and O–H groups in total. The molecule has 0 atom stereocenters. The molecular formula is C21H29N3O3. The largest absolute Gasteiger partial charge is 0.494 e. The van der Waals surface area contributed by atoms with Gasteiger partial charge in [0.15, 0.2) is 0 Å². The average Bonchev–Trinajstić information content (AvgIpc) is 2.64. The Kier molecular flexibility index (Phi) is 6.16. The standard InChI is InChI=1S/C21H29N3O3/c1-5-26-16-7-8-19(27-6-2)15(11-16)12-24-10-9-17-18(13-24)22-20(14(3)4)23-21(17)25/h7-8,11,14H,5-6,9-10,12-13H2,1-4H3,(H,22,23,25). The molecule has 0 saturated carbocycles. The first kappa shape index (κ1) is 19.4. The molecule has 1 aliphatic rings. The Morgan fingerprint density at radius 3 is 2.70 bits per heavy atom. The van der Waals surface area contributed by atoms with Crippen LogP contribution in [-0.4, -0.2) is 34.6 Å². The van der Waals surface area contributed by atoms with Crippen molar-refractivity contribution in [1.82, 2.24) is 14.9 Å². The Morgan fingerprint density at radius 1 is 1.22 bits per heavy atom. The predicted octanol–water partition coefficient (Wildman–Crippen LogP) is 3.25. The van der Waals surface area contributed by atoms with Gasteiger partial charge in [-0.05, 0) is 38.5 Å². The number of aromatic amines is 1. The van der Waals surface area contributed by atoms with E-state index in [2.05, 4.69) is 16.0 Å². The lowest BCUT2D eigenvalue weighted by atomic mass is 10.0. The smallest absolute Gasteiger partial charge is 0.254 e. The van der Waals surface area contributed by atoms with Gasteiger partial charge in [0.05, 0.1) is 18.9 Å². The van der Waals surface area contributed by atoms with Crippen molar-refractivity contribution in [2.45, 2.75) is 53.1 Å². The Balaban J connectivity index is 1.83. The molecule has 2 aromatic rings. The minimum absolute atomic E-state index is 0.0108. The summed E-state index contributed by atoms with van der Waals surface area (Å²) in [6, 6.07) is 5.97. The fraction of sp³-hybridized carbons (Fsp3) is 0.524. The molecule has 27 heavy (non-hydrogen) atoms. The van der Waals surface area contributed by atoms with Crippen LogP contribution >= 0.6 is 0 Å². The van der Waals surface area contributed by atoms with Gasteiger partial charge in [-0.25, -0.2) is 4.98 Å². The molecular weight excluding hydrogens is 342 g/mol. The summed E-state index contributed by atoms with van der Waals surface area (Å²) in [5, 5.41) is 0. The lowest BCUT2D eigenvalue weighted by Gasteiger charge is -2.28. The van der Waals surface area contributed by atoms with E-state index < -0.39 is 0 Å². The molecule has 6 heteroatoms. The van der Waals surface area contributed by atoms with Gasteiger partial charge in [-0.1, -0.05) is 13.8 Å². The molecule has 1 aliphatic heterocycles. The van der Waals surface area contributed by atoms with Gasteiger partial charge >= 0.3 is 0 Å². The maximum atomic E-state index is 12.4. The summed E-state index contributed by atoms with van der Waals surface area (Å²) in [4.78, 5) is 22.3. The fourth-order valence-corrected chi connectivity index (χ4v) is 3.39. The van der Waals surface area contributed by atoms with Crippen LogP contribution in [-0.2, 0) is 19.5 Å². The maximum Gasteiger partial charge on any atom is 0.254 e. The molecule has 0 radical (unpaired) electrons. The Morgan fingerprint density at radius 2 is 2.00 bits per heavy atom. The van der Waals surface area contributed by atoms with E-state index >= 15 is 0 Å². The van der Waals surface area contributed by atoms with E-state index in [1.54, 1.807) is 0 Å². The lowest BCUT2D eigenvalue weighted by molar-refractivity contribution is 0.233. The summed E-state index contributed by atoms with van der Waals surface area (Å²) in [5.74, 6) is 2.69. The van der Waals surface area contributed by atoms with Crippen molar-refractivity contribution in [3.63, 3.8) is 0 Å². The van der Waals surface area contributed by atoms with Crippen molar-refractivity contribution < 1.29 is 9.47 Å². The summed E-state index contributed by atoms with van der Waals surface area (Å²) < 4.78 is 11.4. The summed E-state index contributed by atoms with van der Waals surface area (Å²) in [6.07, 6.45) is 0.713. The topological polar surface area (TPSA) is 67.5 Å². The highest BCUT2D eigenvalue weighted by atomic mass is 16.5. The van der Waals surface area contributed by atoms with E-state index in [4.69, 9.17) is 14.5 Å². The van der Waals surface area contributed by atoms with Crippen LogP contribution in [0.5, 0.6) is 11.5 Å². The number of rotatable bonds is 7. The second kappa shape index (κ2) is 8.57. The van der Waals surface area contributed by atoms with Gasteiger partial charge in [-0.15, -0.1) is 0 Å². The third kappa shape index (κ3) is 4.50. The number of ether oxygens (including phenoxy) is 2. The van der Waals surface area contributed by atoms with Crippen LogP contribution < -0.4 is 15.0 Å². The molecule has 0 saturated heterocycles. The van der Waals surface area contributed by atoms with Gasteiger partial charge in [0, 0.05) is 36.7 Å². The Labute approximate surface area is 160 Å². The van der Waals surface area contributed by atoms with Crippen molar-refractivity contribution in [3.8, 4) is 11.5 Å². The van der Waals surface area contributed by atoms with Crippen LogP contribution in [0.4, 0.5) is 0 Å². The highest BCUT2D eigenvalue weighted by molar-refractivity contribution is 5.40. The Bertz CT molecular complexity index is 845. The zero-order valence-electron chi connectivity index (χ0n) is 16.7. The minimum Gasteiger partial charge on any atom is -0.494 e. The predicted molar refractivity (Wildman–Crippen MR) is 106 cm³/mol. The van der Waals surface area contributed by atoms with Crippen LogP contribution in [0.1, 0.15) is 56.3 Å². The number of nitrogens with zero attached hydrogens (tertiary/aromatic N) is 2. The first-order chi connectivity index (χ1) is 13.0. The van der Waals surface area contributed by atoms with Crippen LogP contribution in [0.3, 0.4) is 0 Å². The van der Waals surface area contributed by atoms with Gasteiger partial charge in [0.1, 0.15) is 17.3 Å². The number of hydrogen-bond acceptors (Lipinski definition) is 5. The lowest BCUT2D eigenvalue weighted by Crippen LogP contribution is -2.35. The van der Waals surface area contributed by atoms with Crippen LogP contribution in [0.2, 0.25) is 0 Å². The number of nitrogens with one attached hydrogen (secondary N) is 1. The second-order valence-electron chi connectivity index (χ2n) is 7.13. The van der Waals surface area contributed by atoms with Gasteiger partial charge < -0.3 is 14.5 Å². The zero-order valence-corrected chi connectivity index (χ0v) is 16.7. The van der Waals surface area contributed by atoms with Gasteiger partial charge in [0.25, 0.3) is 5.56 Å². The molecule has 0 bridgehead atoms. The van der Waals surface area contributed by atoms with Gasteiger partial charge in [0.2, 0.25) is 0 Å². The van der Waals surface area contributed by atoms with E-state index in [1.807, 2.05) is 39.8 Å². The monoisotopic (exact) mass is 371 g/mol. The van der Waals surface area contributed by atoms with Crippen LogP contribution in [0, 0.1) is 0 Å². The Hall–Kier alpha value is -2.34. The normalized spacial score (nSPS) is 14.3. The van der Waals surface area contributed by atoms with Crippen molar-refractivity contribution in [3.05, 3.63) is 51.2 Å². The summed E-state index contributed by atoms with van der Waals surface area (Å²) in [7, 11) is 0. The number of benzene rings is 1. The third-order valence-electron chi connectivity index (χ3n) is 4.75. The van der Waals surface area contributed by atoms with E-state index in [0.29, 0.717) is 26.2 Å². The zero-order chi connectivity index (χ0) is 19.4. The van der Waals surface area contributed by atoms with Crippen molar-refractivity contribution in [1.29, 1.82) is 0 Å². The molecule has 3 rings (SSSR count). The first-order valence-electron chi connectivity index (χ1n) is 9.74. The SMILES string of the molecule is CCOc1ccc(OCC)c(CN2CCc3c(nc(C(C)C)[nH]c3=O)C2)c1. The average molecular weight is 371 g/mol. The van der Waals surface area contributed by atoms with Gasteiger partial charge in [-0.3, -0.25) is 9.69 Å². The molecule has 146 valence electrons. The molecule has 0 spiro atoms. The summed E-state index contributed by atoms with van der Waals surface area (Å²) in [5.41, 5.74) is 2.83. The minimum atomic E-state index is 0.0108. The molecule has 1 aromatic carbocycles. The third-order valence-corrected chi connectivity index (χ3v) is 4.75. The number of H-pyrrole nitrogens is 1. The molecule has 6 nitrogen and oxygen atoms in total.